The van der Waals surface area contributed by atoms with Crippen molar-refractivity contribution < 1.29 is 17.9 Å². The zero-order valence-electron chi connectivity index (χ0n) is 13.9. The first-order valence-corrected chi connectivity index (χ1v) is 10.2. The zero-order valence-corrected chi connectivity index (χ0v) is 14.7. The summed E-state index contributed by atoms with van der Waals surface area (Å²) in [6, 6.07) is -0.243. The number of carbonyl (C=O) groups excluding carboxylic acids is 1. The SMILES string of the molecule is CC(C)[C@H]1CC[C@@H](C)C[C@@H]1OCC(=O)N[C@@H]1CCS(=O)(=O)C1. The maximum Gasteiger partial charge on any atom is 0.246 e. The van der Waals surface area contributed by atoms with E-state index in [1.54, 1.807) is 0 Å². The Morgan fingerprint density at radius 1 is 1.27 bits per heavy atom. The molecular formula is C16H29NO4S. The van der Waals surface area contributed by atoms with Gasteiger partial charge in [-0.1, -0.05) is 27.2 Å². The van der Waals surface area contributed by atoms with Gasteiger partial charge in [-0.15, -0.1) is 0 Å². The average Bonchev–Trinajstić information content (AvgIpc) is 2.75. The molecule has 1 aliphatic heterocycles. The molecule has 1 saturated carbocycles. The molecule has 1 N–H and O–H groups in total. The van der Waals surface area contributed by atoms with Gasteiger partial charge in [0.25, 0.3) is 0 Å². The lowest BCUT2D eigenvalue weighted by Crippen LogP contribution is -2.41. The lowest BCUT2D eigenvalue weighted by Gasteiger charge is -2.37. The Kier molecular flexibility index (Phi) is 5.88. The Morgan fingerprint density at radius 3 is 2.59 bits per heavy atom. The summed E-state index contributed by atoms with van der Waals surface area (Å²) in [5, 5.41) is 2.79. The summed E-state index contributed by atoms with van der Waals surface area (Å²) in [6.45, 7) is 6.69. The molecule has 5 nitrogen and oxygen atoms in total. The fourth-order valence-corrected chi connectivity index (χ4v) is 5.34. The maximum atomic E-state index is 12.0. The first-order chi connectivity index (χ1) is 10.3. The molecule has 1 aliphatic carbocycles. The number of hydrogen-bond acceptors (Lipinski definition) is 4. The highest BCUT2D eigenvalue weighted by atomic mass is 32.2. The highest BCUT2D eigenvalue weighted by Gasteiger charge is 2.32. The second kappa shape index (κ2) is 7.30. The van der Waals surface area contributed by atoms with Crippen molar-refractivity contribution in [2.45, 2.75) is 58.6 Å². The first kappa shape index (κ1) is 17.7. The molecule has 128 valence electrons. The van der Waals surface area contributed by atoms with Crippen LogP contribution in [0.5, 0.6) is 0 Å². The predicted molar refractivity (Wildman–Crippen MR) is 86.3 cm³/mol. The third-order valence-electron chi connectivity index (χ3n) is 4.99. The van der Waals surface area contributed by atoms with E-state index in [9.17, 15) is 13.2 Å². The van der Waals surface area contributed by atoms with Crippen LogP contribution in [0.3, 0.4) is 0 Å². The molecular weight excluding hydrogens is 302 g/mol. The highest BCUT2D eigenvalue weighted by Crippen LogP contribution is 2.35. The Bertz CT molecular complexity index is 488. The van der Waals surface area contributed by atoms with Gasteiger partial charge in [0.15, 0.2) is 9.84 Å². The Hall–Kier alpha value is -0.620. The molecule has 2 aliphatic rings. The third kappa shape index (κ3) is 4.95. The van der Waals surface area contributed by atoms with Crippen LogP contribution in [0.4, 0.5) is 0 Å². The van der Waals surface area contributed by atoms with Crippen LogP contribution in [0.25, 0.3) is 0 Å². The minimum absolute atomic E-state index is 0.0388. The van der Waals surface area contributed by atoms with Gasteiger partial charge in [0, 0.05) is 6.04 Å². The van der Waals surface area contributed by atoms with E-state index >= 15 is 0 Å². The van der Waals surface area contributed by atoms with Gasteiger partial charge in [-0.2, -0.15) is 0 Å². The van der Waals surface area contributed by atoms with E-state index in [1.807, 2.05) is 0 Å². The van der Waals surface area contributed by atoms with E-state index in [0.717, 1.165) is 12.8 Å². The molecule has 0 aromatic rings. The molecule has 0 aromatic carbocycles. The lowest BCUT2D eigenvalue weighted by molar-refractivity contribution is -0.131. The molecule has 22 heavy (non-hydrogen) atoms. The molecule has 0 radical (unpaired) electrons. The van der Waals surface area contributed by atoms with Gasteiger partial charge in [0.05, 0.1) is 17.6 Å². The molecule has 1 heterocycles. The summed E-state index contributed by atoms with van der Waals surface area (Å²) < 4.78 is 28.7. The van der Waals surface area contributed by atoms with Crippen molar-refractivity contribution in [3.8, 4) is 0 Å². The molecule has 0 spiro atoms. The van der Waals surface area contributed by atoms with Gasteiger partial charge in [-0.3, -0.25) is 4.79 Å². The first-order valence-electron chi connectivity index (χ1n) is 8.38. The number of amides is 1. The summed E-state index contributed by atoms with van der Waals surface area (Å²) in [7, 11) is -2.96. The molecule has 1 amide bonds. The highest BCUT2D eigenvalue weighted by molar-refractivity contribution is 7.91. The van der Waals surface area contributed by atoms with Crippen LogP contribution in [-0.4, -0.2) is 44.6 Å². The van der Waals surface area contributed by atoms with Crippen molar-refractivity contribution in [3.63, 3.8) is 0 Å². The van der Waals surface area contributed by atoms with Crippen molar-refractivity contribution in [1.82, 2.24) is 5.32 Å². The summed E-state index contributed by atoms with van der Waals surface area (Å²) >= 11 is 0. The predicted octanol–water partition coefficient (Wildman–Crippen LogP) is 1.77. The molecule has 6 heteroatoms. The van der Waals surface area contributed by atoms with Crippen molar-refractivity contribution >= 4 is 15.7 Å². The van der Waals surface area contributed by atoms with E-state index < -0.39 is 9.84 Å². The number of carbonyl (C=O) groups is 1. The summed E-state index contributed by atoms with van der Waals surface area (Å²) in [5.74, 6) is 1.75. The van der Waals surface area contributed by atoms with Crippen LogP contribution in [0.1, 0.15) is 46.5 Å². The van der Waals surface area contributed by atoms with Crippen molar-refractivity contribution in [2.24, 2.45) is 17.8 Å². The van der Waals surface area contributed by atoms with Crippen LogP contribution >= 0.6 is 0 Å². The van der Waals surface area contributed by atoms with E-state index in [4.69, 9.17) is 4.74 Å². The Morgan fingerprint density at radius 2 is 2.00 bits per heavy atom. The normalized spacial score (nSPS) is 34.7. The number of rotatable bonds is 5. The van der Waals surface area contributed by atoms with Crippen LogP contribution in [-0.2, 0) is 19.4 Å². The number of sulfone groups is 1. The number of ether oxygens (including phenoxy) is 1. The van der Waals surface area contributed by atoms with Crippen LogP contribution < -0.4 is 5.32 Å². The second-order valence-electron chi connectivity index (χ2n) is 7.34. The minimum atomic E-state index is -2.96. The Balaban J connectivity index is 1.79. The average molecular weight is 331 g/mol. The molecule has 1 saturated heterocycles. The van der Waals surface area contributed by atoms with Gasteiger partial charge in [-0.25, -0.2) is 8.42 Å². The largest absolute Gasteiger partial charge is 0.368 e. The van der Waals surface area contributed by atoms with Gasteiger partial charge in [0.2, 0.25) is 5.91 Å². The Labute approximate surface area is 134 Å². The molecule has 4 atom stereocenters. The van der Waals surface area contributed by atoms with E-state index in [-0.39, 0.29) is 36.2 Å². The summed E-state index contributed by atoms with van der Waals surface area (Å²) in [5.41, 5.74) is 0. The van der Waals surface area contributed by atoms with Crippen LogP contribution in [0.2, 0.25) is 0 Å². The summed E-state index contributed by atoms with van der Waals surface area (Å²) in [6.07, 6.45) is 4.06. The maximum absolute atomic E-state index is 12.0. The van der Waals surface area contributed by atoms with E-state index in [1.165, 1.54) is 6.42 Å². The minimum Gasteiger partial charge on any atom is -0.368 e. The standard InChI is InChI=1S/C16H29NO4S/c1-11(2)14-5-4-12(3)8-15(14)21-9-16(18)17-13-6-7-22(19,20)10-13/h11-15H,4-10H2,1-3H3,(H,17,18)/t12-,13-,14-,15+/m1/s1. The van der Waals surface area contributed by atoms with Crippen LogP contribution in [0, 0.1) is 17.8 Å². The number of nitrogens with one attached hydrogen (secondary N) is 1. The summed E-state index contributed by atoms with van der Waals surface area (Å²) in [4.78, 5) is 12.0. The molecule has 2 rings (SSSR count). The van der Waals surface area contributed by atoms with Gasteiger partial charge in [-0.05, 0) is 37.0 Å². The molecule has 0 bridgehead atoms. The van der Waals surface area contributed by atoms with Crippen molar-refractivity contribution in [3.05, 3.63) is 0 Å². The molecule has 0 unspecified atom stereocenters. The zero-order chi connectivity index (χ0) is 16.3. The smallest absolute Gasteiger partial charge is 0.246 e. The van der Waals surface area contributed by atoms with Crippen molar-refractivity contribution in [1.29, 1.82) is 0 Å². The van der Waals surface area contributed by atoms with Crippen LogP contribution in [0.15, 0.2) is 0 Å². The van der Waals surface area contributed by atoms with Gasteiger partial charge >= 0.3 is 0 Å². The van der Waals surface area contributed by atoms with E-state index in [2.05, 4.69) is 26.1 Å². The second-order valence-corrected chi connectivity index (χ2v) is 9.57. The lowest BCUT2D eigenvalue weighted by atomic mass is 9.75. The quantitative estimate of drug-likeness (QED) is 0.833. The monoisotopic (exact) mass is 331 g/mol. The fraction of sp³-hybridized carbons (Fsp3) is 0.938. The van der Waals surface area contributed by atoms with Crippen molar-refractivity contribution in [2.75, 3.05) is 18.1 Å². The topological polar surface area (TPSA) is 72.5 Å². The fourth-order valence-electron chi connectivity index (χ4n) is 3.67. The third-order valence-corrected chi connectivity index (χ3v) is 6.76. The molecule has 0 aromatic heterocycles. The van der Waals surface area contributed by atoms with E-state index in [0.29, 0.717) is 24.2 Å². The van der Waals surface area contributed by atoms with Gasteiger partial charge < -0.3 is 10.1 Å². The van der Waals surface area contributed by atoms with Gasteiger partial charge in [0.1, 0.15) is 6.61 Å². The molecule has 2 fully saturated rings. The number of hydrogen-bond donors (Lipinski definition) is 1.